The summed E-state index contributed by atoms with van der Waals surface area (Å²) in [5.74, 6) is -0.245. The lowest BCUT2D eigenvalue weighted by atomic mass is 10.3. The van der Waals surface area contributed by atoms with Gasteiger partial charge in [-0.15, -0.1) is 11.6 Å². The molecule has 3 nitrogen and oxygen atoms in total. The molecule has 0 amide bonds. The van der Waals surface area contributed by atoms with Crippen LogP contribution in [-0.4, -0.2) is 31.2 Å². The Labute approximate surface area is 70.6 Å². The van der Waals surface area contributed by atoms with Crippen molar-refractivity contribution >= 4 is 11.6 Å². The summed E-state index contributed by atoms with van der Waals surface area (Å²) < 4.78 is 16.2. The normalized spacial score (nSPS) is 43.9. The van der Waals surface area contributed by atoms with Gasteiger partial charge < -0.3 is 14.2 Å². The first-order chi connectivity index (χ1) is 5.35. The summed E-state index contributed by atoms with van der Waals surface area (Å²) in [6.07, 6.45) is 1.85. The second kappa shape index (κ2) is 2.90. The highest BCUT2D eigenvalue weighted by Gasteiger charge is 2.45. The van der Waals surface area contributed by atoms with Gasteiger partial charge in [-0.25, -0.2) is 0 Å². The quantitative estimate of drug-likeness (QED) is 0.563. The fourth-order valence-electron chi connectivity index (χ4n) is 1.41. The molecule has 0 unspecified atom stereocenters. The first-order valence-electron chi connectivity index (χ1n) is 3.86. The van der Waals surface area contributed by atoms with E-state index in [2.05, 4.69) is 0 Å². The molecule has 0 aromatic rings. The van der Waals surface area contributed by atoms with Crippen molar-refractivity contribution in [3.8, 4) is 0 Å². The molecular weight excluding hydrogens is 168 g/mol. The van der Waals surface area contributed by atoms with Crippen molar-refractivity contribution < 1.29 is 14.2 Å². The van der Waals surface area contributed by atoms with Gasteiger partial charge in [0.1, 0.15) is 6.10 Å². The molecule has 0 N–H and O–H groups in total. The van der Waals surface area contributed by atoms with Crippen LogP contribution in [-0.2, 0) is 14.2 Å². The number of ether oxygens (including phenoxy) is 3. The van der Waals surface area contributed by atoms with E-state index in [1.807, 2.05) is 0 Å². The zero-order chi connectivity index (χ0) is 7.73. The molecule has 0 aromatic heterocycles. The molecule has 0 radical (unpaired) electrons. The van der Waals surface area contributed by atoms with Crippen LogP contribution in [0.25, 0.3) is 0 Å². The van der Waals surface area contributed by atoms with Gasteiger partial charge in [0.25, 0.3) is 5.97 Å². The summed E-state index contributed by atoms with van der Waals surface area (Å²) >= 11 is 5.61. The molecular formula is C7H11ClO3. The number of alkyl halides is 1. The summed E-state index contributed by atoms with van der Waals surface area (Å²) in [5.41, 5.74) is 0. The fourth-order valence-corrected chi connectivity index (χ4v) is 1.57. The molecule has 4 heteroatoms. The third kappa shape index (κ3) is 1.38. The topological polar surface area (TPSA) is 27.7 Å². The Morgan fingerprint density at radius 3 is 2.91 bits per heavy atom. The van der Waals surface area contributed by atoms with Crippen LogP contribution in [0.3, 0.4) is 0 Å². The van der Waals surface area contributed by atoms with E-state index in [-0.39, 0.29) is 6.10 Å². The Bertz CT molecular complexity index is 145. The second-order valence-electron chi connectivity index (χ2n) is 2.84. The van der Waals surface area contributed by atoms with Gasteiger partial charge in [-0.05, 0) is 6.42 Å². The van der Waals surface area contributed by atoms with Crippen molar-refractivity contribution in [3.63, 3.8) is 0 Å². The summed E-state index contributed by atoms with van der Waals surface area (Å²) in [7, 11) is 0. The molecule has 1 spiro atoms. The predicted molar refractivity (Wildman–Crippen MR) is 39.5 cm³/mol. The zero-order valence-electron chi connectivity index (χ0n) is 6.22. The van der Waals surface area contributed by atoms with E-state index in [4.69, 9.17) is 25.8 Å². The molecule has 2 atom stereocenters. The molecule has 0 bridgehead atoms. The number of halogens is 1. The number of hydrogen-bond donors (Lipinski definition) is 0. The molecule has 0 aromatic carbocycles. The van der Waals surface area contributed by atoms with Crippen molar-refractivity contribution in [3.05, 3.63) is 0 Å². The standard InChI is InChI=1S/C7H11ClO3/c8-4-6-5-10-7(11-6)2-1-3-9-7/h6H,1-5H2/t6-,7-/m1/s1. The predicted octanol–water partition coefficient (Wildman–Crippen LogP) is 1.10. The van der Waals surface area contributed by atoms with Crippen LogP contribution in [0, 0.1) is 0 Å². The molecule has 0 aliphatic carbocycles. The lowest BCUT2D eigenvalue weighted by molar-refractivity contribution is -0.312. The minimum atomic E-state index is -0.723. The van der Waals surface area contributed by atoms with Crippen LogP contribution in [0.4, 0.5) is 0 Å². The first kappa shape index (κ1) is 7.80. The van der Waals surface area contributed by atoms with Crippen molar-refractivity contribution in [1.82, 2.24) is 0 Å². The third-order valence-corrected chi connectivity index (χ3v) is 2.30. The molecule has 2 aliphatic rings. The Morgan fingerprint density at radius 1 is 1.45 bits per heavy atom. The monoisotopic (exact) mass is 178 g/mol. The van der Waals surface area contributed by atoms with E-state index in [0.29, 0.717) is 12.5 Å². The molecule has 64 valence electrons. The summed E-state index contributed by atoms with van der Waals surface area (Å²) in [6.45, 7) is 1.29. The maximum Gasteiger partial charge on any atom is 0.283 e. The van der Waals surface area contributed by atoms with Crippen LogP contribution >= 0.6 is 11.6 Å². The van der Waals surface area contributed by atoms with Gasteiger partial charge in [-0.1, -0.05) is 0 Å². The summed E-state index contributed by atoms with van der Waals surface area (Å²) in [6, 6.07) is 0. The van der Waals surface area contributed by atoms with Gasteiger partial charge in [-0.3, -0.25) is 0 Å². The highest BCUT2D eigenvalue weighted by Crippen LogP contribution is 2.34. The molecule has 11 heavy (non-hydrogen) atoms. The van der Waals surface area contributed by atoms with Crippen LogP contribution < -0.4 is 0 Å². The lowest BCUT2D eigenvalue weighted by Crippen LogP contribution is -2.29. The Kier molecular flexibility index (Phi) is 2.06. The molecule has 2 aliphatic heterocycles. The first-order valence-corrected chi connectivity index (χ1v) is 4.40. The van der Waals surface area contributed by atoms with Crippen LogP contribution in [0.5, 0.6) is 0 Å². The smallest absolute Gasteiger partial charge is 0.283 e. The highest BCUT2D eigenvalue weighted by atomic mass is 35.5. The molecule has 2 rings (SSSR count). The van der Waals surface area contributed by atoms with E-state index in [1.54, 1.807) is 0 Å². The molecule has 2 fully saturated rings. The van der Waals surface area contributed by atoms with E-state index >= 15 is 0 Å². The number of hydrogen-bond acceptors (Lipinski definition) is 3. The second-order valence-corrected chi connectivity index (χ2v) is 3.15. The third-order valence-electron chi connectivity index (χ3n) is 1.96. The van der Waals surface area contributed by atoms with Crippen LogP contribution in [0.1, 0.15) is 12.8 Å². The van der Waals surface area contributed by atoms with Gasteiger partial charge >= 0.3 is 0 Å². The Morgan fingerprint density at radius 2 is 2.36 bits per heavy atom. The van der Waals surface area contributed by atoms with Gasteiger partial charge in [-0.2, -0.15) is 0 Å². The summed E-state index contributed by atoms with van der Waals surface area (Å²) in [5, 5.41) is 0. The molecule has 0 saturated carbocycles. The average molecular weight is 179 g/mol. The maximum absolute atomic E-state index is 5.61. The van der Waals surface area contributed by atoms with E-state index in [9.17, 15) is 0 Å². The summed E-state index contributed by atoms with van der Waals surface area (Å²) in [4.78, 5) is 0. The van der Waals surface area contributed by atoms with Gasteiger partial charge in [0.15, 0.2) is 0 Å². The van der Waals surface area contributed by atoms with Crippen molar-refractivity contribution in [2.24, 2.45) is 0 Å². The van der Waals surface area contributed by atoms with Crippen molar-refractivity contribution in [1.29, 1.82) is 0 Å². The fraction of sp³-hybridized carbons (Fsp3) is 1.00. The Hall–Kier alpha value is 0.170. The van der Waals surface area contributed by atoms with Crippen LogP contribution in [0.2, 0.25) is 0 Å². The molecule has 2 saturated heterocycles. The zero-order valence-corrected chi connectivity index (χ0v) is 6.97. The SMILES string of the molecule is ClC[C@@H]1CO[C@]2(CCCO2)O1. The van der Waals surface area contributed by atoms with E-state index in [0.717, 1.165) is 19.4 Å². The largest absolute Gasteiger partial charge is 0.327 e. The minimum absolute atomic E-state index is 0.00904. The average Bonchev–Trinajstić information content (AvgIpc) is 2.62. The molecule has 2 heterocycles. The van der Waals surface area contributed by atoms with Gasteiger partial charge in [0.2, 0.25) is 0 Å². The van der Waals surface area contributed by atoms with Crippen LogP contribution in [0.15, 0.2) is 0 Å². The maximum atomic E-state index is 5.61. The van der Waals surface area contributed by atoms with Crippen molar-refractivity contribution in [2.45, 2.75) is 24.9 Å². The number of rotatable bonds is 1. The van der Waals surface area contributed by atoms with E-state index < -0.39 is 5.97 Å². The Balaban J connectivity index is 1.96. The van der Waals surface area contributed by atoms with Gasteiger partial charge in [0, 0.05) is 6.42 Å². The van der Waals surface area contributed by atoms with Gasteiger partial charge in [0.05, 0.1) is 19.1 Å². The lowest BCUT2D eigenvalue weighted by Gasteiger charge is -2.20. The highest BCUT2D eigenvalue weighted by molar-refractivity contribution is 6.18. The van der Waals surface area contributed by atoms with E-state index in [1.165, 1.54) is 0 Å². The minimum Gasteiger partial charge on any atom is -0.327 e. The van der Waals surface area contributed by atoms with Crippen molar-refractivity contribution in [2.75, 3.05) is 19.1 Å².